The molecular formula is C11H16N2O2. The lowest BCUT2D eigenvalue weighted by Crippen LogP contribution is -2.14. The molecule has 0 fully saturated rings. The Hall–Kier alpha value is -1.45. The highest BCUT2D eigenvalue weighted by Gasteiger charge is 2.20. The SMILES string of the molecule is CCC(C(=O)O)c1nccc(C(C)C)n1. The molecule has 0 radical (unpaired) electrons. The molecule has 0 aliphatic rings. The van der Waals surface area contributed by atoms with Crippen molar-refractivity contribution in [1.82, 2.24) is 9.97 Å². The van der Waals surface area contributed by atoms with E-state index in [1.807, 2.05) is 26.8 Å². The van der Waals surface area contributed by atoms with Gasteiger partial charge in [0.2, 0.25) is 0 Å². The molecule has 0 bridgehead atoms. The summed E-state index contributed by atoms with van der Waals surface area (Å²) >= 11 is 0. The van der Waals surface area contributed by atoms with Gasteiger partial charge in [-0.2, -0.15) is 0 Å². The first kappa shape index (κ1) is 11.6. The van der Waals surface area contributed by atoms with Crippen molar-refractivity contribution in [2.45, 2.75) is 39.0 Å². The number of nitrogens with zero attached hydrogens (tertiary/aromatic N) is 2. The van der Waals surface area contributed by atoms with Crippen molar-refractivity contribution in [3.63, 3.8) is 0 Å². The lowest BCUT2D eigenvalue weighted by atomic mass is 10.1. The zero-order valence-electron chi connectivity index (χ0n) is 9.27. The minimum absolute atomic E-state index is 0.290. The summed E-state index contributed by atoms with van der Waals surface area (Å²) in [6, 6.07) is 1.82. The molecule has 1 aromatic rings. The van der Waals surface area contributed by atoms with Gasteiger partial charge in [0.15, 0.2) is 0 Å². The Kier molecular flexibility index (Phi) is 3.77. The summed E-state index contributed by atoms with van der Waals surface area (Å²) < 4.78 is 0. The zero-order chi connectivity index (χ0) is 11.4. The number of carbonyl (C=O) groups is 1. The Balaban J connectivity index is 3.03. The van der Waals surface area contributed by atoms with Gasteiger partial charge in [-0.25, -0.2) is 9.97 Å². The van der Waals surface area contributed by atoms with Crippen molar-refractivity contribution in [2.75, 3.05) is 0 Å². The molecule has 1 unspecified atom stereocenters. The van der Waals surface area contributed by atoms with Crippen molar-refractivity contribution < 1.29 is 9.90 Å². The summed E-state index contributed by atoms with van der Waals surface area (Å²) in [6.45, 7) is 5.87. The zero-order valence-corrected chi connectivity index (χ0v) is 9.27. The van der Waals surface area contributed by atoms with Gasteiger partial charge in [-0.3, -0.25) is 4.79 Å². The molecule has 1 N–H and O–H groups in total. The van der Waals surface area contributed by atoms with Crippen molar-refractivity contribution >= 4 is 5.97 Å². The molecule has 0 amide bonds. The second-order valence-electron chi connectivity index (χ2n) is 3.79. The second kappa shape index (κ2) is 4.87. The van der Waals surface area contributed by atoms with Crippen molar-refractivity contribution in [3.05, 3.63) is 23.8 Å². The Morgan fingerprint density at radius 3 is 2.67 bits per heavy atom. The van der Waals surface area contributed by atoms with Gasteiger partial charge >= 0.3 is 5.97 Å². The molecule has 1 heterocycles. The highest BCUT2D eigenvalue weighted by molar-refractivity contribution is 5.74. The van der Waals surface area contributed by atoms with Crippen molar-refractivity contribution in [1.29, 1.82) is 0 Å². The molecule has 4 nitrogen and oxygen atoms in total. The molecule has 0 saturated heterocycles. The molecule has 0 aliphatic carbocycles. The molecule has 1 aromatic heterocycles. The van der Waals surface area contributed by atoms with Crippen LogP contribution >= 0.6 is 0 Å². The van der Waals surface area contributed by atoms with Crippen LogP contribution in [0.4, 0.5) is 0 Å². The lowest BCUT2D eigenvalue weighted by molar-refractivity contribution is -0.139. The van der Waals surface area contributed by atoms with E-state index in [2.05, 4.69) is 9.97 Å². The summed E-state index contributed by atoms with van der Waals surface area (Å²) in [5.74, 6) is -0.753. The first-order valence-corrected chi connectivity index (χ1v) is 5.11. The molecule has 82 valence electrons. The summed E-state index contributed by atoms with van der Waals surface area (Å²) in [7, 11) is 0. The second-order valence-corrected chi connectivity index (χ2v) is 3.79. The molecular weight excluding hydrogens is 192 g/mol. The van der Waals surface area contributed by atoms with E-state index in [1.54, 1.807) is 6.20 Å². The fraction of sp³-hybridized carbons (Fsp3) is 0.545. The fourth-order valence-corrected chi connectivity index (χ4v) is 1.35. The van der Waals surface area contributed by atoms with Gasteiger partial charge in [0.25, 0.3) is 0 Å². The van der Waals surface area contributed by atoms with E-state index >= 15 is 0 Å². The molecule has 0 aromatic carbocycles. The van der Waals surface area contributed by atoms with E-state index < -0.39 is 11.9 Å². The van der Waals surface area contributed by atoms with Crippen LogP contribution in [-0.4, -0.2) is 21.0 Å². The summed E-state index contributed by atoms with van der Waals surface area (Å²) in [5, 5.41) is 8.98. The molecule has 15 heavy (non-hydrogen) atoms. The van der Waals surface area contributed by atoms with Gasteiger partial charge in [-0.1, -0.05) is 20.8 Å². The average Bonchev–Trinajstić information content (AvgIpc) is 2.18. The molecule has 1 atom stereocenters. The summed E-state index contributed by atoms with van der Waals surface area (Å²) in [6.07, 6.45) is 2.14. The number of carboxylic acids is 1. The third-order valence-electron chi connectivity index (χ3n) is 2.31. The maximum Gasteiger partial charge on any atom is 0.314 e. The highest BCUT2D eigenvalue weighted by atomic mass is 16.4. The number of hydrogen-bond acceptors (Lipinski definition) is 3. The average molecular weight is 208 g/mol. The van der Waals surface area contributed by atoms with E-state index in [-0.39, 0.29) is 5.92 Å². The van der Waals surface area contributed by atoms with Crippen LogP contribution in [0.25, 0.3) is 0 Å². The predicted molar refractivity (Wildman–Crippen MR) is 56.8 cm³/mol. The number of rotatable bonds is 4. The van der Waals surface area contributed by atoms with E-state index in [4.69, 9.17) is 5.11 Å². The minimum atomic E-state index is -0.863. The van der Waals surface area contributed by atoms with Crippen LogP contribution in [0.3, 0.4) is 0 Å². The molecule has 1 rings (SSSR count). The highest BCUT2D eigenvalue weighted by Crippen LogP contribution is 2.18. The van der Waals surface area contributed by atoms with Crippen LogP contribution in [0.15, 0.2) is 12.3 Å². The number of aliphatic carboxylic acids is 1. The van der Waals surface area contributed by atoms with Crippen LogP contribution in [0, 0.1) is 0 Å². The van der Waals surface area contributed by atoms with Crippen molar-refractivity contribution in [3.8, 4) is 0 Å². The fourth-order valence-electron chi connectivity index (χ4n) is 1.35. The Morgan fingerprint density at radius 1 is 1.53 bits per heavy atom. The topological polar surface area (TPSA) is 63.1 Å². The Morgan fingerprint density at radius 2 is 2.20 bits per heavy atom. The van der Waals surface area contributed by atoms with Crippen LogP contribution in [0.2, 0.25) is 0 Å². The predicted octanol–water partition coefficient (Wildman–Crippen LogP) is 2.18. The number of aromatic nitrogens is 2. The third kappa shape index (κ3) is 2.75. The quantitative estimate of drug-likeness (QED) is 0.823. The first-order chi connectivity index (χ1) is 7.06. The van der Waals surface area contributed by atoms with Crippen LogP contribution in [-0.2, 0) is 4.79 Å². The van der Waals surface area contributed by atoms with E-state index in [9.17, 15) is 4.79 Å². The normalized spacial score (nSPS) is 12.8. The third-order valence-corrected chi connectivity index (χ3v) is 2.31. The number of hydrogen-bond donors (Lipinski definition) is 1. The van der Waals surface area contributed by atoms with Gasteiger partial charge in [0.05, 0.1) is 0 Å². The molecule has 0 spiro atoms. The smallest absolute Gasteiger partial charge is 0.314 e. The lowest BCUT2D eigenvalue weighted by Gasteiger charge is -2.10. The largest absolute Gasteiger partial charge is 0.481 e. The van der Waals surface area contributed by atoms with Gasteiger partial charge in [0.1, 0.15) is 11.7 Å². The number of carboxylic acid groups (broad SMARTS) is 1. The van der Waals surface area contributed by atoms with Crippen LogP contribution in [0.1, 0.15) is 50.5 Å². The Bertz CT molecular complexity index is 350. The maximum atomic E-state index is 10.9. The van der Waals surface area contributed by atoms with Gasteiger partial charge in [-0.15, -0.1) is 0 Å². The first-order valence-electron chi connectivity index (χ1n) is 5.11. The van der Waals surface area contributed by atoms with Gasteiger partial charge in [0, 0.05) is 11.9 Å². The monoisotopic (exact) mass is 208 g/mol. The van der Waals surface area contributed by atoms with E-state index in [1.165, 1.54) is 0 Å². The van der Waals surface area contributed by atoms with E-state index in [0.29, 0.717) is 12.2 Å². The molecule has 4 heteroatoms. The Labute approximate surface area is 89.4 Å². The van der Waals surface area contributed by atoms with Gasteiger partial charge in [-0.05, 0) is 18.4 Å². The van der Waals surface area contributed by atoms with Crippen molar-refractivity contribution in [2.24, 2.45) is 0 Å². The molecule has 0 saturated carbocycles. The summed E-state index contributed by atoms with van der Waals surface area (Å²) in [5.41, 5.74) is 0.889. The maximum absolute atomic E-state index is 10.9. The van der Waals surface area contributed by atoms with E-state index in [0.717, 1.165) is 5.69 Å². The summed E-state index contributed by atoms with van der Waals surface area (Å²) in [4.78, 5) is 19.2. The van der Waals surface area contributed by atoms with Crippen LogP contribution < -0.4 is 0 Å². The van der Waals surface area contributed by atoms with Gasteiger partial charge < -0.3 is 5.11 Å². The van der Waals surface area contributed by atoms with Crippen LogP contribution in [0.5, 0.6) is 0 Å². The minimum Gasteiger partial charge on any atom is -0.481 e. The standard InChI is InChI=1S/C11H16N2O2/c1-4-8(11(14)15)10-12-6-5-9(13-10)7(2)3/h5-8H,4H2,1-3H3,(H,14,15). The molecule has 0 aliphatic heterocycles.